The van der Waals surface area contributed by atoms with Crippen LogP contribution in [0.15, 0.2) is 71.6 Å². The molecular weight excluding hydrogens is 428 g/mol. The number of anilines is 1. The van der Waals surface area contributed by atoms with Gasteiger partial charge < -0.3 is 14.4 Å². The number of hydrogen-bond donors (Lipinski definition) is 1. The molecule has 1 aliphatic rings. The average molecular weight is 453 g/mol. The molecule has 0 unspecified atom stereocenters. The van der Waals surface area contributed by atoms with Crippen molar-refractivity contribution in [2.75, 3.05) is 25.5 Å². The van der Waals surface area contributed by atoms with Gasteiger partial charge in [0.05, 0.1) is 19.1 Å². The molecule has 0 spiro atoms. The summed E-state index contributed by atoms with van der Waals surface area (Å²) < 4.78 is 38.9. The molecule has 0 saturated carbocycles. The van der Waals surface area contributed by atoms with Crippen molar-refractivity contribution in [3.05, 3.63) is 83.4 Å². The Kier molecular flexibility index (Phi) is 6.05. The molecule has 0 atom stereocenters. The molecule has 0 saturated heterocycles. The summed E-state index contributed by atoms with van der Waals surface area (Å²) in [6, 6.07) is 19.0. The average Bonchev–Trinajstić information content (AvgIpc) is 2.82. The van der Waals surface area contributed by atoms with E-state index >= 15 is 0 Å². The lowest BCUT2D eigenvalue weighted by Crippen LogP contribution is -2.36. The quantitative estimate of drug-likeness (QED) is 0.616. The topological polar surface area (TPSA) is 84.9 Å². The molecular formula is C24H24N2O5S. The molecule has 0 aromatic heterocycles. The van der Waals surface area contributed by atoms with Crippen LogP contribution in [0.4, 0.5) is 5.69 Å². The zero-order chi connectivity index (χ0) is 22.7. The van der Waals surface area contributed by atoms with Crippen molar-refractivity contribution >= 4 is 21.6 Å². The summed E-state index contributed by atoms with van der Waals surface area (Å²) >= 11 is 0. The SMILES string of the molecule is COc1ccc(S(=O)(=O)Nc2ccc3c(c2)CN(C(=O)c2ccccc2)CC3)cc1OC. The van der Waals surface area contributed by atoms with Crippen molar-refractivity contribution in [1.82, 2.24) is 4.90 Å². The summed E-state index contributed by atoms with van der Waals surface area (Å²) in [5.41, 5.74) is 3.11. The number of hydrogen-bond acceptors (Lipinski definition) is 5. The number of fused-ring (bicyclic) bond motifs is 1. The smallest absolute Gasteiger partial charge is 0.262 e. The fourth-order valence-electron chi connectivity index (χ4n) is 3.76. The molecule has 0 fully saturated rings. The van der Waals surface area contributed by atoms with Crippen LogP contribution < -0.4 is 14.2 Å². The first kappa shape index (κ1) is 21.7. The normalized spacial score (nSPS) is 13.2. The summed E-state index contributed by atoms with van der Waals surface area (Å²) in [4.78, 5) is 14.7. The molecule has 3 aromatic carbocycles. The number of ether oxygens (including phenoxy) is 2. The van der Waals surface area contributed by atoms with E-state index in [2.05, 4.69) is 4.72 Å². The molecule has 0 radical (unpaired) electrons. The van der Waals surface area contributed by atoms with Crippen molar-refractivity contribution < 1.29 is 22.7 Å². The van der Waals surface area contributed by atoms with E-state index < -0.39 is 10.0 Å². The van der Waals surface area contributed by atoms with Crippen molar-refractivity contribution in [2.45, 2.75) is 17.9 Å². The first-order valence-electron chi connectivity index (χ1n) is 10.1. The van der Waals surface area contributed by atoms with E-state index in [1.54, 1.807) is 35.2 Å². The number of nitrogens with zero attached hydrogens (tertiary/aromatic N) is 1. The Labute approximate surface area is 187 Å². The van der Waals surface area contributed by atoms with Gasteiger partial charge in [-0.15, -0.1) is 0 Å². The Balaban J connectivity index is 1.55. The van der Waals surface area contributed by atoms with Crippen molar-refractivity contribution in [1.29, 1.82) is 0 Å². The first-order chi connectivity index (χ1) is 15.4. The van der Waals surface area contributed by atoms with E-state index in [4.69, 9.17) is 9.47 Å². The molecule has 7 nitrogen and oxygen atoms in total. The van der Waals surface area contributed by atoms with E-state index in [0.29, 0.717) is 35.8 Å². The second kappa shape index (κ2) is 8.92. The minimum atomic E-state index is -3.84. The minimum Gasteiger partial charge on any atom is -0.493 e. The van der Waals surface area contributed by atoms with Gasteiger partial charge in [0.15, 0.2) is 11.5 Å². The van der Waals surface area contributed by atoms with E-state index in [-0.39, 0.29) is 10.8 Å². The number of benzene rings is 3. The number of carbonyl (C=O) groups excluding carboxylic acids is 1. The molecule has 166 valence electrons. The van der Waals surface area contributed by atoms with Gasteiger partial charge in [0.2, 0.25) is 0 Å². The van der Waals surface area contributed by atoms with Gasteiger partial charge in [-0.1, -0.05) is 24.3 Å². The maximum absolute atomic E-state index is 12.9. The molecule has 1 amide bonds. The summed E-state index contributed by atoms with van der Waals surface area (Å²) in [6.07, 6.45) is 0.719. The number of rotatable bonds is 6. The predicted octanol–water partition coefficient (Wildman–Crippen LogP) is 3.70. The molecule has 0 bridgehead atoms. The number of amides is 1. The zero-order valence-electron chi connectivity index (χ0n) is 17.9. The highest BCUT2D eigenvalue weighted by Gasteiger charge is 2.23. The van der Waals surface area contributed by atoms with Gasteiger partial charge >= 0.3 is 0 Å². The number of carbonyl (C=O) groups is 1. The summed E-state index contributed by atoms with van der Waals surface area (Å²) in [5, 5.41) is 0. The number of nitrogens with one attached hydrogen (secondary N) is 1. The second-order valence-electron chi connectivity index (χ2n) is 7.45. The standard InChI is InChI=1S/C24H24N2O5S/c1-30-22-11-10-21(15-23(22)31-2)32(28,29)25-20-9-8-17-12-13-26(16-19(17)14-20)24(27)18-6-4-3-5-7-18/h3-11,14-15,25H,12-13,16H2,1-2H3. The fourth-order valence-corrected chi connectivity index (χ4v) is 4.82. The number of sulfonamides is 1. The van der Waals surface area contributed by atoms with Crippen LogP contribution in [0.25, 0.3) is 0 Å². The number of methoxy groups -OCH3 is 2. The highest BCUT2D eigenvalue weighted by Crippen LogP contribution is 2.31. The third-order valence-electron chi connectivity index (χ3n) is 5.44. The molecule has 1 aliphatic heterocycles. The third-order valence-corrected chi connectivity index (χ3v) is 6.82. The van der Waals surface area contributed by atoms with Crippen molar-refractivity contribution in [3.8, 4) is 11.5 Å². The Morgan fingerprint density at radius 2 is 1.66 bits per heavy atom. The van der Waals surface area contributed by atoms with E-state index in [1.165, 1.54) is 26.4 Å². The Hall–Kier alpha value is -3.52. The zero-order valence-corrected chi connectivity index (χ0v) is 18.7. The highest BCUT2D eigenvalue weighted by molar-refractivity contribution is 7.92. The Bertz CT molecular complexity index is 1240. The van der Waals surface area contributed by atoms with Crippen molar-refractivity contribution in [2.24, 2.45) is 0 Å². The van der Waals surface area contributed by atoms with Crippen LogP contribution in [0, 0.1) is 0 Å². The van der Waals surface area contributed by atoms with Crippen LogP contribution in [-0.2, 0) is 23.0 Å². The van der Waals surface area contributed by atoms with E-state index in [9.17, 15) is 13.2 Å². The Morgan fingerprint density at radius 3 is 2.38 bits per heavy atom. The molecule has 4 rings (SSSR count). The molecule has 1 heterocycles. The lowest BCUT2D eigenvalue weighted by atomic mass is 9.98. The molecule has 32 heavy (non-hydrogen) atoms. The van der Waals surface area contributed by atoms with Gasteiger partial charge in [0.1, 0.15) is 0 Å². The summed E-state index contributed by atoms with van der Waals surface area (Å²) in [6.45, 7) is 1.05. The monoisotopic (exact) mass is 452 g/mol. The fraction of sp³-hybridized carbons (Fsp3) is 0.208. The van der Waals surface area contributed by atoms with Crippen LogP contribution in [0.2, 0.25) is 0 Å². The lowest BCUT2D eigenvalue weighted by Gasteiger charge is -2.29. The lowest BCUT2D eigenvalue weighted by molar-refractivity contribution is 0.0734. The highest BCUT2D eigenvalue weighted by atomic mass is 32.2. The summed E-state index contributed by atoms with van der Waals surface area (Å²) in [7, 11) is -0.895. The Morgan fingerprint density at radius 1 is 0.906 bits per heavy atom. The maximum Gasteiger partial charge on any atom is 0.262 e. The molecule has 0 aliphatic carbocycles. The molecule has 8 heteroatoms. The van der Waals surface area contributed by atoms with Crippen LogP contribution in [-0.4, -0.2) is 40.0 Å². The van der Waals surface area contributed by atoms with E-state index in [0.717, 1.165) is 17.5 Å². The van der Waals surface area contributed by atoms with Gasteiger partial charge in [-0.2, -0.15) is 0 Å². The molecule has 1 N–H and O–H groups in total. The third kappa shape index (κ3) is 4.40. The predicted molar refractivity (Wildman–Crippen MR) is 122 cm³/mol. The first-order valence-corrected chi connectivity index (χ1v) is 11.6. The van der Waals surface area contributed by atoms with Gasteiger partial charge in [0, 0.05) is 30.4 Å². The minimum absolute atomic E-state index is 0.0347. The maximum atomic E-state index is 12.9. The van der Waals surface area contributed by atoms with Gasteiger partial charge in [0.25, 0.3) is 15.9 Å². The van der Waals surface area contributed by atoms with Crippen LogP contribution >= 0.6 is 0 Å². The van der Waals surface area contributed by atoms with Crippen LogP contribution in [0.5, 0.6) is 11.5 Å². The van der Waals surface area contributed by atoms with Gasteiger partial charge in [-0.3, -0.25) is 9.52 Å². The van der Waals surface area contributed by atoms with Gasteiger partial charge in [-0.25, -0.2) is 8.42 Å². The summed E-state index contributed by atoms with van der Waals surface area (Å²) in [5.74, 6) is 0.742. The van der Waals surface area contributed by atoms with Gasteiger partial charge in [-0.05, 0) is 53.9 Å². The second-order valence-corrected chi connectivity index (χ2v) is 9.13. The largest absolute Gasteiger partial charge is 0.493 e. The molecule has 3 aromatic rings. The van der Waals surface area contributed by atoms with Crippen molar-refractivity contribution in [3.63, 3.8) is 0 Å². The van der Waals surface area contributed by atoms with E-state index in [1.807, 2.05) is 24.3 Å². The van der Waals surface area contributed by atoms with Crippen LogP contribution in [0.3, 0.4) is 0 Å². The van der Waals surface area contributed by atoms with Crippen LogP contribution in [0.1, 0.15) is 21.5 Å².